The topological polar surface area (TPSA) is 82.8 Å². The van der Waals surface area contributed by atoms with Gasteiger partial charge in [-0.25, -0.2) is 4.98 Å². The van der Waals surface area contributed by atoms with Crippen molar-refractivity contribution in [2.75, 3.05) is 37.6 Å². The largest absolute Gasteiger partial charge is 0.367 e. The van der Waals surface area contributed by atoms with Crippen LogP contribution in [0.2, 0.25) is 5.02 Å². The molecule has 0 saturated carbocycles. The molecule has 1 atom stereocenters. The van der Waals surface area contributed by atoms with Gasteiger partial charge >= 0.3 is 0 Å². The molecule has 2 N–H and O–H groups in total. The molecule has 2 amide bonds. The van der Waals surface area contributed by atoms with Gasteiger partial charge in [0.1, 0.15) is 5.69 Å². The molecular weight excluding hydrogens is 438 g/mol. The molecule has 0 radical (unpaired) electrons. The monoisotopic (exact) mass is 469 g/mol. The molecule has 0 aliphatic carbocycles. The third-order valence-corrected chi connectivity index (χ3v) is 7.24. The fraction of sp³-hybridized carbons (Fsp3) is 0.480. The molecule has 1 aromatic heterocycles. The number of carbonyl (C=O) groups is 2. The number of aromatic nitrogens is 1. The van der Waals surface area contributed by atoms with Gasteiger partial charge < -0.3 is 15.5 Å². The smallest absolute Gasteiger partial charge is 0.267 e. The van der Waals surface area contributed by atoms with Crippen LogP contribution in [0.15, 0.2) is 36.5 Å². The van der Waals surface area contributed by atoms with E-state index in [-0.39, 0.29) is 5.91 Å². The molecule has 8 heteroatoms. The van der Waals surface area contributed by atoms with Crippen molar-refractivity contribution < 1.29 is 9.59 Å². The van der Waals surface area contributed by atoms with Crippen molar-refractivity contribution in [3.8, 4) is 0 Å². The zero-order chi connectivity index (χ0) is 23.5. The minimum atomic E-state index is -0.498. The molecule has 3 heterocycles. The van der Waals surface area contributed by atoms with Crippen molar-refractivity contribution in [1.82, 2.24) is 14.8 Å². The van der Waals surface area contributed by atoms with Gasteiger partial charge in [0.15, 0.2) is 0 Å². The van der Waals surface area contributed by atoms with Crippen molar-refractivity contribution in [2.24, 2.45) is 5.73 Å². The lowest BCUT2D eigenvalue weighted by Gasteiger charge is -2.48. The van der Waals surface area contributed by atoms with E-state index in [0.717, 1.165) is 63.2 Å². The van der Waals surface area contributed by atoms with Crippen LogP contribution in [0.5, 0.6) is 0 Å². The highest BCUT2D eigenvalue weighted by Gasteiger charge is 2.34. The maximum atomic E-state index is 12.8. The molecule has 1 aromatic carbocycles. The van der Waals surface area contributed by atoms with Crippen LogP contribution in [-0.4, -0.2) is 71.4 Å². The van der Waals surface area contributed by atoms with Gasteiger partial charge in [-0.3, -0.25) is 14.5 Å². The van der Waals surface area contributed by atoms with E-state index in [0.29, 0.717) is 28.4 Å². The van der Waals surface area contributed by atoms with Crippen LogP contribution in [0.1, 0.15) is 52.6 Å². The minimum Gasteiger partial charge on any atom is -0.367 e. The lowest BCUT2D eigenvalue weighted by molar-refractivity contribution is 0.0491. The summed E-state index contributed by atoms with van der Waals surface area (Å²) in [5.41, 5.74) is 8.47. The molecule has 176 valence electrons. The van der Waals surface area contributed by atoms with E-state index in [4.69, 9.17) is 17.3 Å². The minimum absolute atomic E-state index is 0.0874. The maximum absolute atomic E-state index is 12.8. The van der Waals surface area contributed by atoms with E-state index in [9.17, 15) is 9.59 Å². The summed E-state index contributed by atoms with van der Waals surface area (Å²) in [6.07, 6.45) is 4.82. The molecule has 33 heavy (non-hydrogen) atoms. The molecule has 2 aromatic rings. The van der Waals surface area contributed by atoms with Gasteiger partial charge in [0.25, 0.3) is 11.8 Å². The average Bonchev–Trinajstić information content (AvgIpc) is 2.83. The highest BCUT2D eigenvalue weighted by atomic mass is 35.5. The van der Waals surface area contributed by atoms with E-state index in [2.05, 4.69) is 21.7 Å². The Bertz CT molecular complexity index is 1000. The first-order valence-electron chi connectivity index (χ1n) is 11.7. The van der Waals surface area contributed by atoms with E-state index in [1.807, 2.05) is 11.8 Å². The highest BCUT2D eigenvalue weighted by Crippen LogP contribution is 2.28. The molecule has 0 unspecified atom stereocenters. The first-order valence-corrected chi connectivity index (χ1v) is 12.1. The molecule has 0 bridgehead atoms. The summed E-state index contributed by atoms with van der Waals surface area (Å²) >= 11 is 5.96. The number of aryl methyl sites for hydroxylation is 1. The number of nitrogens with two attached hydrogens (primary N) is 1. The summed E-state index contributed by atoms with van der Waals surface area (Å²) in [5.74, 6) is -0.411. The highest BCUT2D eigenvalue weighted by molar-refractivity contribution is 6.30. The van der Waals surface area contributed by atoms with Crippen LogP contribution in [0, 0.1) is 6.92 Å². The van der Waals surface area contributed by atoms with Crippen molar-refractivity contribution in [3.05, 3.63) is 58.4 Å². The summed E-state index contributed by atoms with van der Waals surface area (Å²) in [4.78, 5) is 35.5. The third kappa shape index (κ3) is 5.14. The van der Waals surface area contributed by atoms with Gasteiger partial charge in [-0.05, 0) is 62.1 Å². The molecule has 2 aliphatic rings. The van der Waals surface area contributed by atoms with Crippen molar-refractivity contribution in [1.29, 1.82) is 0 Å². The molecule has 0 spiro atoms. The number of primary amides is 1. The molecule has 7 nitrogen and oxygen atoms in total. The molecule has 4 rings (SSSR count). The van der Waals surface area contributed by atoms with E-state index in [1.54, 1.807) is 36.5 Å². The fourth-order valence-electron chi connectivity index (χ4n) is 5.12. The lowest BCUT2D eigenvalue weighted by Crippen LogP contribution is -2.58. The first-order chi connectivity index (χ1) is 15.9. The summed E-state index contributed by atoms with van der Waals surface area (Å²) in [5, 5.41) is 0.643. The quantitative estimate of drug-likeness (QED) is 0.726. The number of pyridine rings is 1. The van der Waals surface area contributed by atoms with E-state index < -0.39 is 5.91 Å². The number of benzene rings is 1. The standard InChI is InChI=1S/C25H32ClN5O2/c1-3-20-16-30(23-15-28-22(24(27)32)14-17(23)2)12-13-31(20)21-8-10-29(11-9-21)25(33)18-4-6-19(26)7-5-18/h4-7,14-15,20-21H,3,8-13,16H2,1-2H3,(H2,27,32)/t20-/m0/s1. The average molecular weight is 470 g/mol. The van der Waals surface area contributed by atoms with Crippen molar-refractivity contribution >= 4 is 29.1 Å². The number of likely N-dealkylation sites (tertiary alicyclic amines) is 1. The Morgan fingerprint density at radius 1 is 1.12 bits per heavy atom. The normalized spacial score (nSPS) is 20.2. The number of halogens is 1. The predicted octanol–water partition coefficient (Wildman–Crippen LogP) is 3.35. The summed E-state index contributed by atoms with van der Waals surface area (Å²) < 4.78 is 0. The number of hydrogen-bond donors (Lipinski definition) is 1. The van der Waals surface area contributed by atoms with Crippen LogP contribution in [0.4, 0.5) is 5.69 Å². The Kier molecular flexibility index (Phi) is 7.20. The number of anilines is 1. The molecule has 2 aliphatic heterocycles. The maximum Gasteiger partial charge on any atom is 0.267 e. The molecule has 2 fully saturated rings. The number of rotatable bonds is 5. The lowest BCUT2D eigenvalue weighted by atomic mass is 9.97. The van der Waals surface area contributed by atoms with Gasteiger partial charge in [0, 0.05) is 55.4 Å². The number of hydrogen-bond acceptors (Lipinski definition) is 5. The van der Waals surface area contributed by atoms with Crippen molar-refractivity contribution in [3.63, 3.8) is 0 Å². The summed E-state index contributed by atoms with van der Waals surface area (Å²) in [7, 11) is 0. The Morgan fingerprint density at radius 2 is 1.82 bits per heavy atom. The van der Waals surface area contributed by atoms with Gasteiger partial charge in [-0.1, -0.05) is 18.5 Å². The SMILES string of the molecule is CC[C@H]1CN(c2cnc(C(N)=O)cc2C)CCN1C1CCN(C(=O)c2ccc(Cl)cc2)CC1. The van der Waals surface area contributed by atoms with Crippen LogP contribution in [-0.2, 0) is 0 Å². The van der Waals surface area contributed by atoms with Gasteiger partial charge in [0.2, 0.25) is 0 Å². The van der Waals surface area contributed by atoms with Gasteiger partial charge in [-0.15, -0.1) is 0 Å². The Balaban J connectivity index is 1.37. The van der Waals surface area contributed by atoms with Gasteiger partial charge in [0.05, 0.1) is 11.9 Å². The van der Waals surface area contributed by atoms with Gasteiger partial charge in [-0.2, -0.15) is 0 Å². The second kappa shape index (κ2) is 10.1. The van der Waals surface area contributed by atoms with Crippen molar-refractivity contribution in [2.45, 2.75) is 45.2 Å². The zero-order valence-electron chi connectivity index (χ0n) is 19.3. The number of carbonyl (C=O) groups excluding carboxylic acids is 2. The van der Waals surface area contributed by atoms with Crippen LogP contribution in [0.25, 0.3) is 0 Å². The second-order valence-electron chi connectivity index (χ2n) is 9.00. The fourth-order valence-corrected chi connectivity index (χ4v) is 5.25. The molecule has 2 saturated heterocycles. The number of piperazine rings is 1. The third-order valence-electron chi connectivity index (χ3n) is 6.99. The number of nitrogens with zero attached hydrogens (tertiary/aromatic N) is 4. The first kappa shape index (κ1) is 23.5. The summed E-state index contributed by atoms with van der Waals surface area (Å²) in [6, 6.07) is 9.85. The second-order valence-corrected chi connectivity index (χ2v) is 9.43. The Hall–Kier alpha value is -2.64. The number of piperidine rings is 1. The predicted molar refractivity (Wildman–Crippen MR) is 131 cm³/mol. The van der Waals surface area contributed by atoms with E-state index >= 15 is 0 Å². The van der Waals surface area contributed by atoms with Crippen LogP contribution >= 0.6 is 11.6 Å². The Morgan fingerprint density at radius 3 is 2.42 bits per heavy atom. The zero-order valence-corrected chi connectivity index (χ0v) is 20.1. The molecular formula is C25H32ClN5O2. The van der Waals surface area contributed by atoms with Crippen LogP contribution < -0.4 is 10.6 Å². The Labute approximate surface area is 200 Å². The van der Waals surface area contributed by atoms with E-state index in [1.165, 1.54) is 0 Å². The summed E-state index contributed by atoms with van der Waals surface area (Å²) in [6.45, 7) is 8.62. The van der Waals surface area contributed by atoms with Crippen LogP contribution in [0.3, 0.4) is 0 Å². The number of amides is 2.